The molecular formula is C22H40O5. The summed E-state index contributed by atoms with van der Waals surface area (Å²) in [4.78, 5) is 0. The number of hydrogen-bond acceptors (Lipinski definition) is 5. The van der Waals surface area contributed by atoms with Crippen molar-refractivity contribution in [2.24, 2.45) is 22.2 Å². The molecule has 1 N–H and O–H groups in total. The third-order valence-corrected chi connectivity index (χ3v) is 7.44. The summed E-state index contributed by atoms with van der Waals surface area (Å²) in [6.07, 6.45) is 2.94. The van der Waals surface area contributed by atoms with Crippen molar-refractivity contribution in [1.82, 2.24) is 0 Å². The Morgan fingerprint density at radius 3 is 2.59 bits per heavy atom. The second-order valence-electron chi connectivity index (χ2n) is 10.0. The van der Waals surface area contributed by atoms with Crippen LogP contribution in [0.1, 0.15) is 67.2 Å². The van der Waals surface area contributed by atoms with Gasteiger partial charge in [0.15, 0.2) is 6.29 Å². The fourth-order valence-electron chi connectivity index (χ4n) is 6.18. The largest absolute Gasteiger partial charge is 0.390 e. The highest BCUT2D eigenvalue weighted by Crippen LogP contribution is 2.67. The van der Waals surface area contributed by atoms with E-state index in [1.807, 2.05) is 0 Å². The molecule has 0 radical (unpaired) electrons. The maximum atomic E-state index is 11.4. The first-order valence-electron chi connectivity index (χ1n) is 10.9. The summed E-state index contributed by atoms with van der Waals surface area (Å²) in [5, 5.41) is 11.4. The summed E-state index contributed by atoms with van der Waals surface area (Å²) in [5.41, 5.74) is -0.678. The first kappa shape index (κ1) is 21.5. The monoisotopic (exact) mass is 384 g/mol. The Balaban J connectivity index is 2.06. The summed E-state index contributed by atoms with van der Waals surface area (Å²) in [7, 11) is 0. The highest BCUT2D eigenvalue weighted by Gasteiger charge is 2.74. The summed E-state index contributed by atoms with van der Waals surface area (Å²) in [6.45, 7) is 15.8. The molecule has 5 unspecified atom stereocenters. The molecule has 3 rings (SSSR count). The zero-order valence-electron chi connectivity index (χ0n) is 18.1. The van der Waals surface area contributed by atoms with E-state index in [0.29, 0.717) is 19.8 Å². The zero-order chi connectivity index (χ0) is 19.9. The first-order valence-corrected chi connectivity index (χ1v) is 10.9. The molecule has 0 aliphatic carbocycles. The minimum atomic E-state index is -0.525. The molecule has 3 saturated heterocycles. The zero-order valence-corrected chi connectivity index (χ0v) is 18.1. The normalized spacial score (nSPS) is 43.2. The number of rotatable bonds is 6. The lowest BCUT2D eigenvalue weighted by Gasteiger charge is -2.55. The van der Waals surface area contributed by atoms with E-state index in [2.05, 4.69) is 41.5 Å². The Morgan fingerprint density at radius 2 is 1.96 bits per heavy atom. The van der Waals surface area contributed by atoms with Gasteiger partial charge in [0.25, 0.3) is 0 Å². The van der Waals surface area contributed by atoms with E-state index in [1.54, 1.807) is 0 Å². The second-order valence-corrected chi connectivity index (χ2v) is 10.0. The Labute approximate surface area is 165 Å². The molecule has 0 aromatic carbocycles. The van der Waals surface area contributed by atoms with Gasteiger partial charge >= 0.3 is 0 Å². The standard InChI is InChI=1S/C22H40O5/c1-7-10-25-15(8-2)12-21(6)18-14-24-11-9-16(20(3,4)5)22(21)17(23)13-26-19(22)27-18/h15-19,23H,7-14H2,1-6H3/t15?,16-,17-,18?,19?,21?,22?/m0/s1. The van der Waals surface area contributed by atoms with E-state index in [9.17, 15) is 5.11 Å². The van der Waals surface area contributed by atoms with Crippen molar-refractivity contribution >= 4 is 0 Å². The third-order valence-electron chi connectivity index (χ3n) is 7.44. The minimum Gasteiger partial charge on any atom is -0.390 e. The fourth-order valence-corrected chi connectivity index (χ4v) is 6.18. The first-order chi connectivity index (χ1) is 12.7. The summed E-state index contributed by atoms with van der Waals surface area (Å²) >= 11 is 0. The van der Waals surface area contributed by atoms with Gasteiger partial charge in [0.05, 0.1) is 36.9 Å². The fraction of sp³-hybridized carbons (Fsp3) is 1.00. The Bertz CT molecular complexity index is 503. The summed E-state index contributed by atoms with van der Waals surface area (Å²) in [5.74, 6) is 0.242. The Kier molecular flexibility index (Phi) is 6.30. The molecule has 3 aliphatic rings. The molecular weight excluding hydrogens is 344 g/mol. The van der Waals surface area contributed by atoms with Gasteiger partial charge in [-0.25, -0.2) is 0 Å². The number of aliphatic hydroxyl groups is 1. The van der Waals surface area contributed by atoms with Crippen molar-refractivity contribution < 1.29 is 24.1 Å². The van der Waals surface area contributed by atoms with E-state index < -0.39 is 11.5 Å². The van der Waals surface area contributed by atoms with Gasteiger partial charge in [-0.05, 0) is 37.0 Å². The number of ether oxygens (including phenoxy) is 4. The predicted octanol–water partition coefficient (Wildman–Crippen LogP) is 3.77. The van der Waals surface area contributed by atoms with Crippen molar-refractivity contribution in [3.63, 3.8) is 0 Å². The average molecular weight is 385 g/mol. The maximum absolute atomic E-state index is 11.4. The molecule has 0 aromatic heterocycles. The molecule has 27 heavy (non-hydrogen) atoms. The van der Waals surface area contributed by atoms with Crippen LogP contribution < -0.4 is 0 Å². The van der Waals surface area contributed by atoms with E-state index in [0.717, 1.165) is 32.3 Å². The van der Waals surface area contributed by atoms with Gasteiger partial charge in [0.2, 0.25) is 0 Å². The SMILES string of the molecule is CCCOC(CC)CC1(C)C2COCC[C@@H](C(C)(C)C)C13C(OC[C@@H]3O)O2. The molecule has 3 heterocycles. The molecule has 3 aliphatic heterocycles. The van der Waals surface area contributed by atoms with Crippen LogP contribution in [0.3, 0.4) is 0 Å². The van der Waals surface area contributed by atoms with Gasteiger partial charge in [0, 0.05) is 18.6 Å². The van der Waals surface area contributed by atoms with Gasteiger partial charge in [0.1, 0.15) is 0 Å². The van der Waals surface area contributed by atoms with Crippen molar-refractivity contribution in [3.8, 4) is 0 Å². The van der Waals surface area contributed by atoms with Gasteiger partial charge in [-0.3, -0.25) is 0 Å². The smallest absolute Gasteiger partial charge is 0.167 e. The van der Waals surface area contributed by atoms with Crippen molar-refractivity contribution in [3.05, 3.63) is 0 Å². The van der Waals surface area contributed by atoms with Crippen LogP contribution in [0.4, 0.5) is 0 Å². The molecule has 0 amide bonds. The molecule has 158 valence electrons. The molecule has 0 aromatic rings. The van der Waals surface area contributed by atoms with Crippen molar-refractivity contribution in [1.29, 1.82) is 0 Å². The topological polar surface area (TPSA) is 57.2 Å². The van der Waals surface area contributed by atoms with Crippen molar-refractivity contribution in [2.45, 2.75) is 91.8 Å². The van der Waals surface area contributed by atoms with Gasteiger partial charge in [-0.15, -0.1) is 0 Å². The van der Waals surface area contributed by atoms with Crippen LogP contribution in [-0.2, 0) is 18.9 Å². The maximum Gasteiger partial charge on any atom is 0.167 e. The van der Waals surface area contributed by atoms with Gasteiger partial charge in [-0.2, -0.15) is 0 Å². The summed E-state index contributed by atoms with van der Waals surface area (Å²) < 4.78 is 24.7. The van der Waals surface area contributed by atoms with Gasteiger partial charge in [-0.1, -0.05) is 41.5 Å². The van der Waals surface area contributed by atoms with Crippen molar-refractivity contribution in [2.75, 3.05) is 26.4 Å². The second kappa shape index (κ2) is 7.91. The van der Waals surface area contributed by atoms with Crippen LogP contribution in [0.15, 0.2) is 0 Å². The molecule has 5 nitrogen and oxygen atoms in total. The highest BCUT2D eigenvalue weighted by molar-refractivity contribution is 5.17. The number of aliphatic hydroxyl groups excluding tert-OH is 1. The quantitative estimate of drug-likeness (QED) is 0.755. The lowest BCUT2D eigenvalue weighted by atomic mass is 9.48. The van der Waals surface area contributed by atoms with Crippen LogP contribution in [-0.4, -0.2) is 56.1 Å². The van der Waals surface area contributed by atoms with E-state index in [4.69, 9.17) is 18.9 Å². The average Bonchev–Trinajstić information content (AvgIpc) is 3.06. The number of fused-ring (bicyclic) bond motifs is 1. The molecule has 5 heteroatoms. The molecule has 0 saturated carbocycles. The van der Waals surface area contributed by atoms with Crippen LogP contribution in [0.25, 0.3) is 0 Å². The van der Waals surface area contributed by atoms with E-state index >= 15 is 0 Å². The third kappa shape index (κ3) is 3.38. The molecule has 1 spiro atoms. The van der Waals surface area contributed by atoms with E-state index in [1.165, 1.54) is 0 Å². The number of hydrogen-bond donors (Lipinski definition) is 1. The Morgan fingerprint density at radius 1 is 1.22 bits per heavy atom. The Hall–Kier alpha value is -0.200. The van der Waals surface area contributed by atoms with Crippen LogP contribution >= 0.6 is 0 Å². The molecule has 2 bridgehead atoms. The van der Waals surface area contributed by atoms with Gasteiger partial charge < -0.3 is 24.1 Å². The predicted molar refractivity (Wildman–Crippen MR) is 104 cm³/mol. The van der Waals surface area contributed by atoms with Crippen LogP contribution in [0, 0.1) is 22.2 Å². The lowest BCUT2D eigenvalue weighted by Crippen LogP contribution is -2.60. The molecule has 7 atom stereocenters. The van der Waals surface area contributed by atoms with Crippen LogP contribution in [0.5, 0.6) is 0 Å². The highest BCUT2D eigenvalue weighted by atomic mass is 16.7. The van der Waals surface area contributed by atoms with E-state index in [-0.39, 0.29) is 35.2 Å². The summed E-state index contributed by atoms with van der Waals surface area (Å²) in [6, 6.07) is 0. The van der Waals surface area contributed by atoms with Crippen LogP contribution in [0.2, 0.25) is 0 Å². The minimum absolute atomic E-state index is 0.0130. The molecule has 3 fully saturated rings. The lowest BCUT2D eigenvalue weighted by molar-refractivity contribution is -0.162.